The molecule has 2 aromatic carbocycles. The number of hydrogen-bond acceptors (Lipinski definition) is 2. The molecule has 0 unspecified atom stereocenters. The molecule has 0 heterocycles. The first-order valence-electron chi connectivity index (χ1n) is 5.59. The van der Waals surface area contributed by atoms with Crippen LogP contribution in [0.5, 0.6) is 11.5 Å². The van der Waals surface area contributed by atoms with Gasteiger partial charge in [0.1, 0.15) is 11.5 Å². The van der Waals surface area contributed by atoms with Gasteiger partial charge in [0.2, 0.25) is 0 Å². The van der Waals surface area contributed by atoms with Crippen LogP contribution in [0.3, 0.4) is 0 Å². The van der Waals surface area contributed by atoms with Gasteiger partial charge < -0.3 is 10.2 Å². The number of aromatic hydroxyl groups is 2. The predicted molar refractivity (Wildman–Crippen MR) is 82.6 cm³/mol. The van der Waals surface area contributed by atoms with Crippen LogP contribution in [0.25, 0.3) is 0 Å². The van der Waals surface area contributed by atoms with Crippen molar-refractivity contribution in [3.8, 4) is 11.5 Å². The Bertz CT molecular complexity index is 457. The summed E-state index contributed by atoms with van der Waals surface area (Å²) in [5.41, 5.74) is 2.10. The second kappa shape index (κ2) is 8.68. The Kier molecular flexibility index (Phi) is 9.28. The fourth-order valence-corrected chi connectivity index (χ4v) is 1.92. The minimum absolute atomic E-state index is 0. The quantitative estimate of drug-likeness (QED) is 0.835. The SMILES string of the molecule is CC(C)(c1ccc(O)cc1)c1ccc(O)cc1.[KH].[KH]. The van der Waals surface area contributed by atoms with Crippen LogP contribution in [-0.4, -0.2) is 113 Å². The van der Waals surface area contributed by atoms with Gasteiger partial charge in [-0.15, -0.1) is 0 Å². The van der Waals surface area contributed by atoms with Gasteiger partial charge in [-0.3, -0.25) is 0 Å². The molecule has 0 atom stereocenters. The molecule has 0 aliphatic carbocycles. The van der Waals surface area contributed by atoms with Crippen molar-refractivity contribution in [2.75, 3.05) is 0 Å². The van der Waals surface area contributed by atoms with E-state index in [0.717, 1.165) is 11.1 Å². The third-order valence-corrected chi connectivity index (χ3v) is 3.18. The molecule has 0 radical (unpaired) electrons. The Morgan fingerprint density at radius 2 is 0.895 bits per heavy atom. The van der Waals surface area contributed by atoms with Crippen LogP contribution in [-0.2, 0) is 5.41 Å². The second-order valence-electron chi connectivity index (χ2n) is 4.72. The topological polar surface area (TPSA) is 40.5 Å². The molecule has 0 bridgehead atoms. The van der Waals surface area contributed by atoms with Crippen molar-refractivity contribution in [3.63, 3.8) is 0 Å². The van der Waals surface area contributed by atoms with Crippen molar-refractivity contribution >= 4 is 103 Å². The van der Waals surface area contributed by atoms with Crippen LogP contribution in [0, 0.1) is 0 Å². The Morgan fingerprint density at radius 3 is 1.16 bits per heavy atom. The third-order valence-electron chi connectivity index (χ3n) is 3.18. The van der Waals surface area contributed by atoms with Gasteiger partial charge in [-0.05, 0) is 35.4 Å². The van der Waals surface area contributed by atoms with E-state index in [-0.39, 0.29) is 120 Å². The molecule has 19 heavy (non-hydrogen) atoms. The standard InChI is InChI=1S/C15H16O2.2K.2H/c1-15(2,11-3-7-13(16)8-4-11)12-5-9-14(17)10-6-12;;;;/h3-10,16-17H,1-2H3;;;;. The summed E-state index contributed by atoms with van der Waals surface area (Å²) in [5, 5.41) is 18.6. The molecule has 0 aromatic heterocycles. The molecule has 0 spiro atoms. The van der Waals surface area contributed by atoms with E-state index in [1.54, 1.807) is 24.3 Å². The molecule has 2 nitrogen and oxygen atoms in total. The van der Waals surface area contributed by atoms with Crippen LogP contribution >= 0.6 is 0 Å². The van der Waals surface area contributed by atoms with Crippen LogP contribution in [0.4, 0.5) is 0 Å². The molecule has 0 amide bonds. The predicted octanol–water partition coefficient (Wildman–Crippen LogP) is 2.13. The summed E-state index contributed by atoms with van der Waals surface area (Å²) in [6.07, 6.45) is 0. The van der Waals surface area contributed by atoms with Gasteiger partial charge in [0.05, 0.1) is 0 Å². The van der Waals surface area contributed by atoms with E-state index in [0.29, 0.717) is 0 Å². The zero-order valence-electron chi connectivity index (χ0n) is 10.0. The maximum atomic E-state index is 9.30. The molecule has 0 aliphatic rings. The van der Waals surface area contributed by atoms with Crippen LogP contribution < -0.4 is 0 Å². The summed E-state index contributed by atoms with van der Waals surface area (Å²) in [5.74, 6) is 0.547. The van der Waals surface area contributed by atoms with Crippen molar-refractivity contribution in [3.05, 3.63) is 59.7 Å². The van der Waals surface area contributed by atoms with Crippen LogP contribution in [0.1, 0.15) is 25.0 Å². The molecule has 2 N–H and O–H groups in total. The molecule has 0 aliphatic heterocycles. The summed E-state index contributed by atoms with van der Waals surface area (Å²) >= 11 is 0. The molecular weight excluding hydrogens is 290 g/mol. The average molecular weight is 309 g/mol. The Morgan fingerprint density at radius 1 is 0.632 bits per heavy atom. The summed E-state index contributed by atoms with van der Waals surface area (Å²) in [6, 6.07) is 14.4. The number of benzene rings is 2. The first-order chi connectivity index (χ1) is 8.00. The fraction of sp³-hybridized carbons (Fsp3) is 0.200. The van der Waals surface area contributed by atoms with Crippen LogP contribution in [0.15, 0.2) is 48.5 Å². The van der Waals surface area contributed by atoms with Gasteiger partial charge in [-0.1, -0.05) is 38.1 Å². The van der Waals surface area contributed by atoms with Crippen molar-refractivity contribution in [2.45, 2.75) is 19.3 Å². The van der Waals surface area contributed by atoms with Crippen LogP contribution in [0.2, 0.25) is 0 Å². The zero-order chi connectivity index (χ0) is 12.5. The molecule has 2 aromatic rings. The summed E-state index contributed by atoms with van der Waals surface area (Å²) in [4.78, 5) is 0. The van der Waals surface area contributed by atoms with Gasteiger partial charge in [-0.25, -0.2) is 0 Å². The molecule has 0 saturated carbocycles. The van der Waals surface area contributed by atoms with E-state index in [1.165, 1.54) is 0 Å². The fourth-order valence-electron chi connectivity index (χ4n) is 1.92. The first-order valence-corrected chi connectivity index (χ1v) is 5.59. The number of phenols is 2. The van der Waals surface area contributed by atoms with Crippen molar-refractivity contribution in [1.82, 2.24) is 0 Å². The minimum atomic E-state index is -0.151. The van der Waals surface area contributed by atoms with E-state index in [1.807, 2.05) is 24.3 Å². The van der Waals surface area contributed by atoms with Crippen molar-refractivity contribution < 1.29 is 10.2 Å². The Hall–Kier alpha value is 1.31. The Labute approximate surface area is 199 Å². The van der Waals surface area contributed by atoms with Gasteiger partial charge in [-0.2, -0.15) is 0 Å². The Balaban J connectivity index is 0.00000162. The van der Waals surface area contributed by atoms with Gasteiger partial charge in [0.25, 0.3) is 0 Å². The first kappa shape index (κ1) is 20.3. The summed E-state index contributed by atoms with van der Waals surface area (Å²) in [6.45, 7) is 4.23. The third kappa shape index (κ3) is 5.22. The molecule has 0 saturated heterocycles. The van der Waals surface area contributed by atoms with Gasteiger partial charge in [0, 0.05) is 5.41 Å². The van der Waals surface area contributed by atoms with E-state index < -0.39 is 0 Å². The molecule has 4 heteroatoms. The molecular formula is C15H18K2O2. The van der Waals surface area contributed by atoms with Crippen molar-refractivity contribution in [1.29, 1.82) is 0 Å². The monoisotopic (exact) mass is 308 g/mol. The number of rotatable bonds is 2. The molecule has 92 valence electrons. The number of hydrogen-bond donors (Lipinski definition) is 2. The van der Waals surface area contributed by atoms with E-state index in [9.17, 15) is 10.2 Å². The zero-order valence-corrected chi connectivity index (χ0v) is 10.0. The molecule has 0 fully saturated rings. The van der Waals surface area contributed by atoms with E-state index in [4.69, 9.17) is 0 Å². The molecule has 2 rings (SSSR count). The average Bonchev–Trinajstić information content (AvgIpc) is 2.30. The van der Waals surface area contributed by atoms with Gasteiger partial charge in [0.15, 0.2) is 0 Å². The van der Waals surface area contributed by atoms with Gasteiger partial charge >= 0.3 is 103 Å². The normalized spacial score (nSPS) is 10.2. The van der Waals surface area contributed by atoms with E-state index in [2.05, 4.69) is 13.8 Å². The summed E-state index contributed by atoms with van der Waals surface area (Å²) < 4.78 is 0. The van der Waals surface area contributed by atoms with Crippen molar-refractivity contribution in [2.24, 2.45) is 0 Å². The number of phenolic OH excluding ortho intramolecular Hbond substituents is 2. The van der Waals surface area contributed by atoms with E-state index >= 15 is 0 Å². The maximum absolute atomic E-state index is 9.30. The second-order valence-corrected chi connectivity index (χ2v) is 4.72. The summed E-state index contributed by atoms with van der Waals surface area (Å²) in [7, 11) is 0.